The van der Waals surface area contributed by atoms with Crippen LogP contribution >= 0.6 is 0 Å². The predicted octanol–water partition coefficient (Wildman–Crippen LogP) is 8.37. The minimum Gasteiger partial charge on any atom is -0.305 e. The number of allylic oxidation sites excluding steroid dienone is 10. The van der Waals surface area contributed by atoms with Gasteiger partial charge in [-0.2, -0.15) is 4.58 Å². The summed E-state index contributed by atoms with van der Waals surface area (Å²) in [6.45, 7) is 23.1. The van der Waals surface area contributed by atoms with Crippen molar-refractivity contribution in [1.29, 1.82) is 10.8 Å². The molecule has 214 valence electrons. The molecule has 3 aliphatic rings. The van der Waals surface area contributed by atoms with Gasteiger partial charge in [0.15, 0.2) is 0 Å². The summed E-state index contributed by atoms with van der Waals surface area (Å²) in [5.41, 5.74) is 9.79. The average molecular weight is 540 g/mol. The van der Waals surface area contributed by atoms with Crippen LogP contribution in [-0.4, -0.2) is 53.1 Å². The topological polar surface area (TPSA) is 54.0 Å². The van der Waals surface area contributed by atoms with Gasteiger partial charge in [-0.1, -0.05) is 66.9 Å². The van der Waals surface area contributed by atoms with E-state index in [1.54, 1.807) is 0 Å². The van der Waals surface area contributed by atoms with Gasteiger partial charge >= 0.3 is 5.84 Å². The molecule has 0 aromatic carbocycles. The highest BCUT2D eigenvalue weighted by atomic mass is 15.1. The van der Waals surface area contributed by atoms with Gasteiger partial charge in [0.25, 0.3) is 0 Å². The first kappa shape index (κ1) is 31.5. The summed E-state index contributed by atoms with van der Waals surface area (Å²) in [5, 5.41) is 18.3. The molecule has 0 aromatic rings. The number of hydrogen-bond donors (Lipinski definition) is 2. The number of rotatable bonds is 8. The zero-order valence-corrected chi connectivity index (χ0v) is 26.1. The van der Waals surface area contributed by atoms with Crippen LogP contribution in [0, 0.1) is 22.7 Å². The second-order valence-corrected chi connectivity index (χ2v) is 12.2. The largest absolute Gasteiger partial charge is 0.330 e. The minimum atomic E-state index is 0.346. The Kier molecular flexibility index (Phi) is 11.4. The van der Waals surface area contributed by atoms with Crippen molar-refractivity contribution in [3.05, 3.63) is 87.6 Å². The van der Waals surface area contributed by atoms with E-state index in [0.29, 0.717) is 29.9 Å². The normalized spacial score (nSPS) is 21.5. The standard InChI is InChI=1S/C36H51N4/c1-9-40(24-33-30(8)21-27(5)28(6)22-34(33)37)36(38)35(25(2)3)32-17-13-11-10-12-16-31(32)29(7)20-26(4)23-39-18-14-15-19-39/h10-12,16,20-21,26,28,37-38H,1,13-15,17-19,22-24H2,2-8H3/q+1. The number of amidine groups is 1. The van der Waals surface area contributed by atoms with Crippen molar-refractivity contribution in [3.63, 3.8) is 0 Å². The molecular weight excluding hydrogens is 488 g/mol. The van der Waals surface area contributed by atoms with Crippen LogP contribution in [0.25, 0.3) is 0 Å². The third-order valence-corrected chi connectivity index (χ3v) is 8.49. The zero-order valence-electron chi connectivity index (χ0n) is 26.1. The molecule has 4 heteroatoms. The van der Waals surface area contributed by atoms with Crippen LogP contribution in [0.4, 0.5) is 0 Å². The number of nitrogens with zero attached hydrogens (tertiary/aromatic N) is 2. The van der Waals surface area contributed by atoms with Gasteiger partial charge in [-0.05, 0) is 121 Å². The lowest BCUT2D eigenvalue weighted by Gasteiger charge is -2.21. The van der Waals surface area contributed by atoms with E-state index in [2.05, 4.69) is 102 Å². The number of nitrogens with one attached hydrogen (secondary N) is 2. The highest BCUT2D eigenvalue weighted by Crippen LogP contribution is 2.32. The summed E-state index contributed by atoms with van der Waals surface area (Å²) in [5.74, 6) is 4.27. The second-order valence-electron chi connectivity index (χ2n) is 12.2. The molecule has 1 heterocycles. The molecule has 0 radical (unpaired) electrons. The van der Waals surface area contributed by atoms with E-state index in [-0.39, 0.29) is 0 Å². The summed E-state index contributed by atoms with van der Waals surface area (Å²) in [4.78, 5) is 2.58. The van der Waals surface area contributed by atoms with Crippen molar-refractivity contribution in [1.82, 2.24) is 4.90 Å². The van der Waals surface area contributed by atoms with Gasteiger partial charge in [-0.25, -0.2) is 0 Å². The average Bonchev–Trinajstić information content (AvgIpc) is 3.35. The quantitative estimate of drug-likeness (QED) is 0.182. The van der Waals surface area contributed by atoms with Crippen molar-refractivity contribution in [2.24, 2.45) is 11.8 Å². The van der Waals surface area contributed by atoms with Crippen molar-refractivity contribution in [2.45, 2.75) is 80.6 Å². The number of likely N-dealkylation sites (tertiary alicyclic amines) is 1. The lowest BCUT2D eigenvalue weighted by Crippen LogP contribution is -2.28. The molecule has 1 aliphatic heterocycles. The Morgan fingerprint density at radius 2 is 1.90 bits per heavy atom. The number of hydrogen-bond acceptors (Lipinski definition) is 3. The Hall–Kier alpha value is -3.07. The molecule has 40 heavy (non-hydrogen) atoms. The Balaban J connectivity index is 2.01. The molecule has 2 unspecified atom stereocenters. The fraction of sp³-hybridized carbons (Fsp3) is 0.500. The predicted molar refractivity (Wildman–Crippen MR) is 173 cm³/mol. The van der Waals surface area contributed by atoms with Crippen LogP contribution in [0.5, 0.6) is 0 Å². The molecular formula is C36H51N4+. The van der Waals surface area contributed by atoms with Crippen molar-refractivity contribution < 1.29 is 4.58 Å². The maximum absolute atomic E-state index is 9.46. The maximum Gasteiger partial charge on any atom is 0.330 e. The molecule has 1 fully saturated rings. The third kappa shape index (κ3) is 7.99. The molecule has 2 N–H and O–H groups in total. The summed E-state index contributed by atoms with van der Waals surface area (Å²) >= 11 is 0. The zero-order chi connectivity index (χ0) is 29.4. The molecule has 0 amide bonds. The molecule has 0 aromatic heterocycles. The fourth-order valence-electron chi connectivity index (χ4n) is 6.17. The molecule has 0 spiro atoms. The summed E-state index contributed by atoms with van der Waals surface area (Å²) < 4.78 is 1.81. The van der Waals surface area contributed by atoms with Crippen LogP contribution < -0.4 is 0 Å². The van der Waals surface area contributed by atoms with Crippen LogP contribution in [-0.2, 0) is 0 Å². The Morgan fingerprint density at radius 1 is 1.20 bits per heavy atom. The highest BCUT2D eigenvalue weighted by Gasteiger charge is 2.28. The lowest BCUT2D eigenvalue weighted by atomic mass is 9.86. The van der Waals surface area contributed by atoms with Crippen molar-refractivity contribution >= 4 is 17.4 Å². The molecule has 4 nitrogen and oxygen atoms in total. The Labute approximate surface area is 243 Å². The second kappa shape index (κ2) is 14.5. The fourth-order valence-corrected chi connectivity index (χ4v) is 6.17. The Morgan fingerprint density at radius 3 is 2.55 bits per heavy atom. The molecule has 0 saturated carbocycles. The van der Waals surface area contributed by atoms with E-state index in [0.717, 1.165) is 48.1 Å². The SMILES string of the molecule is C=C=[N+](CC1=C(C)C=C(C)C(C)CC1=N)C(=N)C(=C(C)C)C1=C(C(C)=CC(C)CN2CCCC2)C=CC=CCC1. The molecule has 0 bridgehead atoms. The van der Waals surface area contributed by atoms with E-state index in [1.807, 2.05) is 4.58 Å². The third-order valence-electron chi connectivity index (χ3n) is 8.49. The van der Waals surface area contributed by atoms with Gasteiger partial charge in [0.1, 0.15) is 6.54 Å². The highest BCUT2D eigenvalue weighted by molar-refractivity contribution is 6.01. The van der Waals surface area contributed by atoms with Crippen LogP contribution in [0.15, 0.2) is 87.6 Å². The molecule has 1 saturated heterocycles. The maximum atomic E-state index is 9.46. The van der Waals surface area contributed by atoms with Gasteiger partial charge in [-0.3, -0.25) is 0 Å². The lowest BCUT2D eigenvalue weighted by molar-refractivity contribution is -0.389. The smallest absolute Gasteiger partial charge is 0.305 e. The van der Waals surface area contributed by atoms with E-state index in [4.69, 9.17) is 5.41 Å². The molecule has 2 aliphatic carbocycles. The van der Waals surface area contributed by atoms with Crippen molar-refractivity contribution in [2.75, 3.05) is 26.2 Å². The van der Waals surface area contributed by atoms with Crippen LogP contribution in [0.1, 0.15) is 80.6 Å². The molecule has 2 atom stereocenters. The first-order valence-electron chi connectivity index (χ1n) is 15.0. The first-order chi connectivity index (χ1) is 19.0. The van der Waals surface area contributed by atoms with Crippen LogP contribution in [0.3, 0.4) is 0 Å². The van der Waals surface area contributed by atoms with Gasteiger partial charge < -0.3 is 10.3 Å². The minimum absolute atomic E-state index is 0.346. The van der Waals surface area contributed by atoms with Crippen LogP contribution in [0.2, 0.25) is 0 Å². The van der Waals surface area contributed by atoms with Crippen molar-refractivity contribution in [3.8, 4) is 0 Å². The van der Waals surface area contributed by atoms with E-state index >= 15 is 0 Å². The van der Waals surface area contributed by atoms with Gasteiger partial charge in [-0.15, -0.1) is 0 Å². The monoisotopic (exact) mass is 539 g/mol. The van der Waals surface area contributed by atoms with Gasteiger partial charge in [0.05, 0.1) is 11.4 Å². The summed E-state index contributed by atoms with van der Waals surface area (Å²) in [7, 11) is 0. The Bertz CT molecular complexity index is 1270. The van der Waals surface area contributed by atoms with E-state index in [9.17, 15) is 5.41 Å². The van der Waals surface area contributed by atoms with Gasteiger partial charge in [0, 0.05) is 17.8 Å². The molecule has 3 rings (SSSR count). The summed E-state index contributed by atoms with van der Waals surface area (Å²) in [6, 6.07) is 0. The first-order valence-corrected chi connectivity index (χ1v) is 15.0. The summed E-state index contributed by atoms with van der Waals surface area (Å²) in [6.07, 6.45) is 18.5. The van der Waals surface area contributed by atoms with E-state index in [1.165, 1.54) is 48.2 Å². The van der Waals surface area contributed by atoms with E-state index < -0.39 is 0 Å². The van der Waals surface area contributed by atoms with Gasteiger partial charge in [0.2, 0.25) is 0 Å².